The van der Waals surface area contributed by atoms with Gasteiger partial charge in [0, 0.05) is 29.9 Å². The topological polar surface area (TPSA) is 76.1 Å². The van der Waals surface area contributed by atoms with Gasteiger partial charge in [-0.05, 0) is 70.8 Å². The van der Waals surface area contributed by atoms with Crippen LogP contribution >= 0.6 is 0 Å². The van der Waals surface area contributed by atoms with E-state index in [2.05, 4.69) is 20.6 Å². The van der Waals surface area contributed by atoms with E-state index < -0.39 is 0 Å². The van der Waals surface area contributed by atoms with Gasteiger partial charge in [0.15, 0.2) is 0 Å². The van der Waals surface area contributed by atoms with Gasteiger partial charge in [-0.1, -0.05) is 0 Å². The van der Waals surface area contributed by atoms with Gasteiger partial charge in [0.1, 0.15) is 5.60 Å². The van der Waals surface area contributed by atoms with E-state index in [4.69, 9.17) is 4.74 Å². The van der Waals surface area contributed by atoms with Gasteiger partial charge in [0.2, 0.25) is 5.95 Å². The summed E-state index contributed by atoms with van der Waals surface area (Å²) in [6.07, 6.45) is 9.55. The number of carbonyl (C=O) groups is 1. The molecule has 0 radical (unpaired) electrons. The highest BCUT2D eigenvalue weighted by Gasteiger charge is 2.60. The second kappa shape index (κ2) is 5.58. The molecule has 4 fully saturated rings. The molecule has 4 aliphatic carbocycles. The van der Waals surface area contributed by atoms with Crippen molar-refractivity contribution in [2.45, 2.75) is 76.0 Å². The molecule has 4 bridgehead atoms. The SMILES string of the molecule is CC(C)(C)NC(=O)OC12CC3CC(CC(Nc4ncccn4)(C3)C1)C2. The Kier molecular flexibility index (Phi) is 3.71. The molecule has 0 saturated heterocycles. The van der Waals surface area contributed by atoms with Gasteiger partial charge in [-0.15, -0.1) is 0 Å². The lowest BCUT2D eigenvalue weighted by atomic mass is 9.51. The number of amides is 1. The first-order chi connectivity index (χ1) is 11.8. The summed E-state index contributed by atoms with van der Waals surface area (Å²) in [6.45, 7) is 5.93. The molecule has 0 aromatic carbocycles. The zero-order valence-electron chi connectivity index (χ0n) is 15.3. The van der Waals surface area contributed by atoms with Gasteiger partial charge in [-0.3, -0.25) is 0 Å². The Hall–Kier alpha value is -1.85. The smallest absolute Gasteiger partial charge is 0.408 e. The molecule has 0 spiro atoms. The summed E-state index contributed by atoms with van der Waals surface area (Å²) in [6, 6.07) is 1.83. The van der Waals surface area contributed by atoms with Crippen LogP contribution < -0.4 is 10.6 Å². The predicted octanol–water partition coefficient (Wildman–Crippen LogP) is 3.50. The first-order valence-electron chi connectivity index (χ1n) is 9.31. The lowest BCUT2D eigenvalue weighted by molar-refractivity contribution is -0.131. The van der Waals surface area contributed by atoms with Crippen molar-refractivity contribution in [1.82, 2.24) is 15.3 Å². The van der Waals surface area contributed by atoms with Crippen molar-refractivity contribution in [3.05, 3.63) is 18.5 Å². The number of aromatic nitrogens is 2. The molecule has 2 atom stereocenters. The number of anilines is 1. The molecule has 1 aromatic heterocycles. The molecule has 25 heavy (non-hydrogen) atoms. The summed E-state index contributed by atoms with van der Waals surface area (Å²) in [5, 5.41) is 6.55. The van der Waals surface area contributed by atoms with Crippen molar-refractivity contribution >= 4 is 12.0 Å². The van der Waals surface area contributed by atoms with Crippen LogP contribution in [0.15, 0.2) is 18.5 Å². The van der Waals surface area contributed by atoms with Gasteiger partial charge in [0.25, 0.3) is 0 Å². The Morgan fingerprint density at radius 2 is 1.80 bits per heavy atom. The number of hydrogen-bond donors (Lipinski definition) is 2. The quantitative estimate of drug-likeness (QED) is 0.877. The normalized spacial score (nSPS) is 36.1. The predicted molar refractivity (Wildman–Crippen MR) is 95.2 cm³/mol. The number of nitrogens with zero attached hydrogens (tertiary/aromatic N) is 2. The second-order valence-corrected chi connectivity index (χ2v) is 9.39. The van der Waals surface area contributed by atoms with Gasteiger partial charge >= 0.3 is 6.09 Å². The minimum absolute atomic E-state index is 0.0482. The molecule has 4 aliphatic rings. The highest BCUT2D eigenvalue weighted by atomic mass is 16.6. The zero-order chi connectivity index (χ0) is 17.7. The van der Waals surface area contributed by atoms with Crippen LogP contribution in [0.1, 0.15) is 59.3 Å². The number of carbonyl (C=O) groups excluding carboxylic acids is 1. The Labute approximate surface area is 149 Å². The van der Waals surface area contributed by atoms with E-state index in [-0.39, 0.29) is 22.8 Å². The summed E-state index contributed by atoms with van der Waals surface area (Å²) >= 11 is 0. The Bertz CT molecular complexity index is 641. The van der Waals surface area contributed by atoms with Crippen LogP contribution in [-0.4, -0.2) is 32.7 Å². The monoisotopic (exact) mass is 344 g/mol. The van der Waals surface area contributed by atoms with Crippen molar-refractivity contribution in [2.75, 3.05) is 5.32 Å². The van der Waals surface area contributed by atoms with Crippen LogP contribution in [0.5, 0.6) is 0 Å². The first-order valence-corrected chi connectivity index (χ1v) is 9.31. The molecule has 6 heteroatoms. The zero-order valence-corrected chi connectivity index (χ0v) is 15.3. The standard InChI is InChI=1S/C19H28N4O2/c1-17(2,3)23-16(24)25-19-10-13-7-14(11-19)9-18(8-13,12-19)22-15-20-5-4-6-21-15/h4-6,13-14H,7-12H2,1-3H3,(H,23,24)(H,20,21,22). The Morgan fingerprint density at radius 1 is 1.16 bits per heavy atom. The molecule has 2 unspecified atom stereocenters. The van der Waals surface area contributed by atoms with Gasteiger partial charge in [0.05, 0.1) is 0 Å². The number of ether oxygens (including phenoxy) is 1. The fourth-order valence-electron chi connectivity index (χ4n) is 5.57. The molecule has 0 aliphatic heterocycles. The summed E-state index contributed by atoms with van der Waals surface area (Å²) in [7, 11) is 0. The molecule has 2 N–H and O–H groups in total. The average Bonchev–Trinajstić information content (AvgIpc) is 2.43. The van der Waals surface area contributed by atoms with Crippen LogP contribution in [0.3, 0.4) is 0 Å². The lowest BCUT2D eigenvalue weighted by Crippen LogP contribution is -2.64. The second-order valence-electron chi connectivity index (χ2n) is 9.39. The Morgan fingerprint density at radius 3 is 2.40 bits per heavy atom. The summed E-state index contributed by atoms with van der Waals surface area (Å²) < 4.78 is 6.06. The Balaban J connectivity index is 1.53. The lowest BCUT2D eigenvalue weighted by Gasteiger charge is -2.61. The van der Waals surface area contributed by atoms with E-state index in [1.165, 1.54) is 6.42 Å². The van der Waals surface area contributed by atoms with E-state index in [0.29, 0.717) is 17.8 Å². The van der Waals surface area contributed by atoms with Crippen molar-refractivity contribution in [1.29, 1.82) is 0 Å². The molecule has 6 nitrogen and oxygen atoms in total. The maximum absolute atomic E-state index is 12.4. The highest BCUT2D eigenvalue weighted by molar-refractivity contribution is 5.68. The van der Waals surface area contributed by atoms with Crippen LogP contribution in [0.4, 0.5) is 10.7 Å². The van der Waals surface area contributed by atoms with Gasteiger partial charge in [-0.25, -0.2) is 14.8 Å². The van der Waals surface area contributed by atoms with E-state index in [9.17, 15) is 4.79 Å². The van der Waals surface area contributed by atoms with Gasteiger partial charge < -0.3 is 15.4 Å². The van der Waals surface area contributed by atoms with Crippen molar-refractivity contribution in [2.24, 2.45) is 11.8 Å². The summed E-state index contributed by atoms with van der Waals surface area (Å²) in [5.41, 5.74) is -0.679. The largest absolute Gasteiger partial charge is 0.443 e. The van der Waals surface area contributed by atoms with Crippen molar-refractivity contribution in [3.63, 3.8) is 0 Å². The summed E-state index contributed by atoms with van der Waals surface area (Å²) in [5.74, 6) is 1.90. The number of alkyl carbamates (subject to hydrolysis) is 1. The van der Waals surface area contributed by atoms with E-state index in [1.54, 1.807) is 12.4 Å². The minimum atomic E-state index is -0.346. The first kappa shape index (κ1) is 16.6. The molecule has 1 heterocycles. The number of nitrogens with one attached hydrogen (secondary N) is 2. The van der Waals surface area contributed by atoms with Crippen LogP contribution in [0, 0.1) is 11.8 Å². The maximum atomic E-state index is 12.4. The minimum Gasteiger partial charge on any atom is -0.443 e. The van der Waals surface area contributed by atoms with Crippen molar-refractivity contribution < 1.29 is 9.53 Å². The maximum Gasteiger partial charge on any atom is 0.408 e. The molecule has 4 saturated carbocycles. The van der Waals surface area contributed by atoms with E-state index in [0.717, 1.165) is 32.1 Å². The van der Waals surface area contributed by atoms with Crippen LogP contribution in [0.25, 0.3) is 0 Å². The fraction of sp³-hybridized carbons (Fsp3) is 0.737. The molecule has 136 valence electrons. The summed E-state index contributed by atoms with van der Waals surface area (Å²) in [4.78, 5) is 21.1. The fourth-order valence-corrected chi connectivity index (χ4v) is 5.57. The van der Waals surface area contributed by atoms with Crippen LogP contribution in [0.2, 0.25) is 0 Å². The van der Waals surface area contributed by atoms with Gasteiger partial charge in [-0.2, -0.15) is 0 Å². The van der Waals surface area contributed by atoms with Crippen molar-refractivity contribution in [3.8, 4) is 0 Å². The molecular weight excluding hydrogens is 316 g/mol. The van der Waals surface area contributed by atoms with E-state index in [1.807, 2.05) is 26.8 Å². The molecule has 1 amide bonds. The molecule has 1 aromatic rings. The third-order valence-corrected chi connectivity index (χ3v) is 5.74. The highest BCUT2D eigenvalue weighted by Crippen LogP contribution is 2.59. The molecular formula is C19H28N4O2. The third kappa shape index (κ3) is 3.44. The van der Waals surface area contributed by atoms with E-state index >= 15 is 0 Å². The number of rotatable bonds is 3. The average molecular weight is 344 g/mol. The molecule has 5 rings (SSSR count). The third-order valence-electron chi connectivity index (χ3n) is 5.74. The van der Waals surface area contributed by atoms with Crippen LogP contribution in [-0.2, 0) is 4.74 Å². The number of hydrogen-bond acceptors (Lipinski definition) is 5.